The Kier molecular flexibility index (Phi) is 5.24. The molecule has 1 aliphatic heterocycles. The van der Waals surface area contributed by atoms with Gasteiger partial charge < -0.3 is 19.7 Å². The molecule has 0 atom stereocenters. The van der Waals surface area contributed by atoms with E-state index in [4.69, 9.17) is 14.5 Å². The van der Waals surface area contributed by atoms with Crippen molar-refractivity contribution in [3.8, 4) is 5.75 Å². The van der Waals surface area contributed by atoms with Gasteiger partial charge >= 0.3 is 6.09 Å². The van der Waals surface area contributed by atoms with E-state index in [0.29, 0.717) is 18.5 Å². The molecule has 3 heterocycles. The number of likely N-dealkylation sites (N-methyl/N-ethyl adjacent to an activating group) is 1. The Hall–Kier alpha value is -3.29. The summed E-state index contributed by atoms with van der Waals surface area (Å²) in [6.07, 6.45) is 1.84. The lowest BCUT2D eigenvalue weighted by molar-refractivity contribution is 0.0522. The summed E-state index contributed by atoms with van der Waals surface area (Å²) in [6, 6.07) is 9.67. The Bertz CT molecular complexity index is 1070. The second kappa shape index (κ2) is 7.85. The van der Waals surface area contributed by atoms with E-state index in [0.717, 1.165) is 41.4 Å². The van der Waals surface area contributed by atoms with Crippen molar-refractivity contribution >= 4 is 28.5 Å². The first-order valence-corrected chi connectivity index (χ1v) is 10.1. The summed E-state index contributed by atoms with van der Waals surface area (Å²) >= 11 is 0. The van der Waals surface area contributed by atoms with Gasteiger partial charge in [-0.2, -0.15) is 9.78 Å². The molecule has 0 saturated carbocycles. The van der Waals surface area contributed by atoms with Gasteiger partial charge in [0.25, 0.3) is 0 Å². The number of carbonyl (C=O) groups is 1. The fraction of sp³-hybridized carbons (Fsp3) is 0.409. The van der Waals surface area contributed by atoms with E-state index in [9.17, 15) is 4.79 Å². The third-order valence-corrected chi connectivity index (χ3v) is 4.82. The molecule has 0 fully saturated rings. The number of ether oxygens (including phenoxy) is 2. The van der Waals surface area contributed by atoms with E-state index in [-0.39, 0.29) is 0 Å². The lowest BCUT2D eigenvalue weighted by Gasteiger charge is -2.27. The van der Waals surface area contributed by atoms with Crippen LogP contribution in [0.2, 0.25) is 0 Å². The first-order chi connectivity index (χ1) is 14.3. The fourth-order valence-electron chi connectivity index (χ4n) is 3.36. The molecule has 30 heavy (non-hydrogen) atoms. The number of hydrogen-bond donors (Lipinski definition) is 1. The highest BCUT2D eigenvalue weighted by molar-refractivity contribution is 5.88. The summed E-state index contributed by atoms with van der Waals surface area (Å²) in [6.45, 7) is 7.86. The molecule has 2 aromatic heterocycles. The second-order valence-corrected chi connectivity index (χ2v) is 8.37. The maximum atomic E-state index is 12.3. The van der Waals surface area contributed by atoms with E-state index in [1.54, 1.807) is 6.20 Å². The van der Waals surface area contributed by atoms with Gasteiger partial charge in [-0.1, -0.05) is 0 Å². The molecule has 8 nitrogen and oxygen atoms in total. The van der Waals surface area contributed by atoms with Crippen LogP contribution in [0.3, 0.4) is 0 Å². The van der Waals surface area contributed by atoms with Crippen molar-refractivity contribution in [2.75, 3.05) is 37.0 Å². The number of aromatic nitrogens is 3. The van der Waals surface area contributed by atoms with Crippen LogP contribution in [-0.2, 0) is 11.2 Å². The van der Waals surface area contributed by atoms with Crippen LogP contribution in [0.15, 0.2) is 36.5 Å². The molecule has 4 rings (SSSR count). The largest absolute Gasteiger partial charge is 0.493 e. The average Bonchev–Trinajstić information content (AvgIpc) is 3.10. The van der Waals surface area contributed by atoms with Gasteiger partial charge in [0.1, 0.15) is 17.2 Å². The lowest BCUT2D eigenvalue weighted by atomic mass is 10.2. The Morgan fingerprint density at radius 3 is 2.87 bits per heavy atom. The Morgan fingerprint density at radius 1 is 1.23 bits per heavy atom. The molecule has 0 saturated heterocycles. The van der Waals surface area contributed by atoms with Crippen LogP contribution in [0.5, 0.6) is 5.75 Å². The van der Waals surface area contributed by atoms with E-state index in [2.05, 4.69) is 28.4 Å². The van der Waals surface area contributed by atoms with Crippen LogP contribution in [0.1, 0.15) is 26.5 Å². The first-order valence-electron chi connectivity index (χ1n) is 10.1. The number of nitrogens with one attached hydrogen (secondary N) is 1. The predicted molar refractivity (Wildman–Crippen MR) is 117 cm³/mol. The van der Waals surface area contributed by atoms with E-state index in [1.807, 2.05) is 45.0 Å². The average molecular weight is 409 g/mol. The van der Waals surface area contributed by atoms with Gasteiger partial charge in [0.05, 0.1) is 24.0 Å². The molecular weight excluding hydrogens is 382 g/mol. The van der Waals surface area contributed by atoms with Crippen molar-refractivity contribution in [3.63, 3.8) is 0 Å². The highest BCUT2D eigenvalue weighted by Gasteiger charge is 2.20. The minimum Gasteiger partial charge on any atom is -0.493 e. The third kappa shape index (κ3) is 4.32. The van der Waals surface area contributed by atoms with Crippen molar-refractivity contribution in [3.05, 3.63) is 42.2 Å². The zero-order chi connectivity index (χ0) is 21.3. The number of benzene rings is 1. The Balaban J connectivity index is 1.40. The van der Waals surface area contributed by atoms with Gasteiger partial charge in [0, 0.05) is 37.6 Å². The molecule has 158 valence electrons. The minimum absolute atomic E-state index is 0.496. The van der Waals surface area contributed by atoms with Crippen molar-refractivity contribution < 1.29 is 14.3 Å². The van der Waals surface area contributed by atoms with E-state index >= 15 is 0 Å². The minimum atomic E-state index is -0.575. The van der Waals surface area contributed by atoms with Gasteiger partial charge in [0.2, 0.25) is 0 Å². The fourth-order valence-corrected chi connectivity index (χ4v) is 3.36. The standard InChI is InChI=1S/C22H27N5O3/c1-22(2,3)30-21(28)27-18-8-6-17(13-15(18)14-24-27)29-12-9-16-5-7-19-20(25-16)23-10-11-26(19)4/h5-8,13-14H,9-12H2,1-4H3,(H,23,25). The normalized spacial score (nSPS) is 13.7. The van der Waals surface area contributed by atoms with Crippen LogP contribution in [0, 0.1) is 0 Å². The van der Waals surface area contributed by atoms with Crippen molar-refractivity contribution in [2.24, 2.45) is 0 Å². The van der Waals surface area contributed by atoms with Crippen LogP contribution in [0.4, 0.5) is 16.3 Å². The van der Waals surface area contributed by atoms with Gasteiger partial charge in [-0.3, -0.25) is 0 Å². The molecule has 8 heteroatoms. The first kappa shape index (κ1) is 20.0. The molecular formula is C22H27N5O3. The summed E-state index contributed by atoms with van der Waals surface area (Å²) in [5, 5.41) is 8.32. The molecule has 0 spiro atoms. The quantitative estimate of drug-likeness (QED) is 0.704. The summed E-state index contributed by atoms with van der Waals surface area (Å²) in [4.78, 5) is 19.2. The number of pyridine rings is 1. The Morgan fingerprint density at radius 2 is 2.07 bits per heavy atom. The maximum absolute atomic E-state index is 12.3. The molecule has 1 N–H and O–H groups in total. The number of hydrogen-bond acceptors (Lipinski definition) is 7. The zero-order valence-electron chi connectivity index (χ0n) is 17.8. The van der Waals surface area contributed by atoms with Gasteiger partial charge in [-0.25, -0.2) is 9.78 Å². The molecule has 0 radical (unpaired) electrons. The van der Waals surface area contributed by atoms with Crippen molar-refractivity contribution in [2.45, 2.75) is 32.8 Å². The summed E-state index contributed by atoms with van der Waals surface area (Å²) in [5.74, 6) is 1.65. The van der Waals surface area contributed by atoms with Crippen LogP contribution in [0.25, 0.3) is 10.9 Å². The lowest BCUT2D eigenvalue weighted by Crippen LogP contribution is -2.31. The molecule has 3 aromatic rings. The van der Waals surface area contributed by atoms with Crippen molar-refractivity contribution in [1.29, 1.82) is 0 Å². The van der Waals surface area contributed by atoms with E-state index in [1.165, 1.54) is 4.68 Å². The molecule has 0 aliphatic carbocycles. The van der Waals surface area contributed by atoms with Gasteiger partial charge in [-0.05, 0) is 51.1 Å². The summed E-state index contributed by atoms with van der Waals surface area (Å²) in [5.41, 5.74) is 2.21. The number of rotatable bonds is 4. The van der Waals surface area contributed by atoms with Crippen LogP contribution >= 0.6 is 0 Å². The predicted octanol–water partition coefficient (Wildman–Crippen LogP) is 3.70. The van der Waals surface area contributed by atoms with Gasteiger partial charge in [0.15, 0.2) is 0 Å². The van der Waals surface area contributed by atoms with Crippen LogP contribution in [-0.4, -0.2) is 53.2 Å². The Labute approximate surface area is 175 Å². The summed E-state index contributed by atoms with van der Waals surface area (Å²) in [7, 11) is 2.07. The molecule has 0 amide bonds. The molecule has 0 unspecified atom stereocenters. The van der Waals surface area contributed by atoms with Crippen molar-refractivity contribution in [1.82, 2.24) is 14.8 Å². The summed E-state index contributed by atoms with van der Waals surface area (Å²) < 4.78 is 12.6. The topological polar surface area (TPSA) is 81.5 Å². The zero-order valence-corrected chi connectivity index (χ0v) is 17.8. The number of nitrogens with zero attached hydrogens (tertiary/aromatic N) is 4. The second-order valence-electron chi connectivity index (χ2n) is 8.37. The smallest absolute Gasteiger partial charge is 0.435 e. The highest BCUT2D eigenvalue weighted by atomic mass is 16.6. The monoisotopic (exact) mass is 409 g/mol. The SMILES string of the molecule is CN1CCNc2nc(CCOc3ccc4c(cnn4C(=O)OC(C)(C)C)c3)ccc21. The van der Waals surface area contributed by atoms with E-state index < -0.39 is 11.7 Å². The highest BCUT2D eigenvalue weighted by Crippen LogP contribution is 2.26. The number of carbonyl (C=O) groups excluding carboxylic acids is 1. The molecule has 0 bridgehead atoms. The van der Waals surface area contributed by atoms with Crippen LogP contribution < -0.4 is 15.0 Å². The third-order valence-electron chi connectivity index (χ3n) is 4.82. The van der Waals surface area contributed by atoms with Gasteiger partial charge in [-0.15, -0.1) is 0 Å². The molecule has 1 aliphatic rings. The maximum Gasteiger partial charge on any atom is 0.435 e. The molecule has 1 aromatic carbocycles. The number of anilines is 2. The number of fused-ring (bicyclic) bond motifs is 2.